The summed E-state index contributed by atoms with van der Waals surface area (Å²) in [5, 5.41) is 3.28. The van der Waals surface area contributed by atoms with E-state index in [9.17, 15) is 0 Å². The third-order valence-corrected chi connectivity index (χ3v) is 3.72. The van der Waals surface area contributed by atoms with Crippen molar-refractivity contribution >= 4 is 27.3 Å². The van der Waals surface area contributed by atoms with Crippen molar-refractivity contribution in [1.29, 1.82) is 0 Å². The Bertz CT molecular complexity index is 450. The fraction of sp³-hybridized carbons (Fsp3) is 0.250. The summed E-state index contributed by atoms with van der Waals surface area (Å²) >= 11 is 5.14. The fourth-order valence-corrected chi connectivity index (χ4v) is 2.55. The molecule has 0 saturated heterocycles. The molecule has 2 aromatic rings. The fourth-order valence-electron chi connectivity index (χ4n) is 1.43. The molecule has 0 amide bonds. The van der Waals surface area contributed by atoms with E-state index in [1.165, 1.54) is 10.6 Å². The van der Waals surface area contributed by atoms with Gasteiger partial charge in [0.25, 0.3) is 0 Å². The summed E-state index contributed by atoms with van der Waals surface area (Å²) in [6, 6.07) is 8.22. The maximum Gasteiger partial charge on any atom is 0.0933 e. The number of halogens is 1. The molecule has 2 N–H and O–H groups in total. The summed E-state index contributed by atoms with van der Waals surface area (Å²) < 4.78 is 1.09. The second-order valence-electron chi connectivity index (χ2n) is 3.53. The van der Waals surface area contributed by atoms with Gasteiger partial charge in [-0.15, -0.1) is 11.3 Å². The van der Waals surface area contributed by atoms with Gasteiger partial charge in [0.2, 0.25) is 0 Å². The molecular formula is C12H13BrN2S. The third kappa shape index (κ3) is 2.90. The molecule has 0 spiro atoms. The Morgan fingerprint density at radius 1 is 1.25 bits per heavy atom. The Labute approximate surface area is 108 Å². The van der Waals surface area contributed by atoms with Crippen molar-refractivity contribution in [3.63, 3.8) is 0 Å². The Hall–Kier alpha value is -0.710. The molecule has 2 nitrogen and oxygen atoms in total. The maximum absolute atomic E-state index is 5.48. The SMILES string of the molecule is NCCCc1nc(-c2ccc(Br)cc2)cs1. The molecule has 1 aromatic heterocycles. The van der Waals surface area contributed by atoms with Crippen LogP contribution >= 0.6 is 27.3 Å². The van der Waals surface area contributed by atoms with Gasteiger partial charge in [0.1, 0.15) is 0 Å². The maximum atomic E-state index is 5.48. The minimum Gasteiger partial charge on any atom is -0.330 e. The lowest BCUT2D eigenvalue weighted by molar-refractivity contribution is 0.827. The normalized spacial score (nSPS) is 10.6. The highest BCUT2D eigenvalue weighted by Crippen LogP contribution is 2.24. The van der Waals surface area contributed by atoms with Crippen LogP contribution in [0.5, 0.6) is 0 Å². The van der Waals surface area contributed by atoms with Crippen LogP contribution in [0.4, 0.5) is 0 Å². The van der Waals surface area contributed by atoms with Crippen molar-refractivity contribution in [1.82, 2.24) is 4.98 Å². The molecule has 0 saturated carbocycles. The van der Waals surface area contributed by atoms with E-state index in [2.05, 4.69) is 38.4 Å². The van der Waals surface area contributed by atoms with Crippen LogP contribution in [0.3, 0.4) is 0 Å². The van der Waals surface area contributed by atoms with Crippen molar-refractivity contribution in [3.05, 3.63) is 39.1 Å². The highest BCUT2D eigenvalue weighted by molar-refractivity contribution is 9.10. The van der Waals surface area contributed by atoms with Crippen molar-refractivity contribution in [2.45, 2.75) is 12.8 Å². The van der Waals surface area contributed by atoms with Gasteiger partial charge in [0.15, 0.2) is 0 Å². The van der Waals surface area contributed by atoms with E-state index in [1.807, 2.05) is 12.1 Å². The lowest BCUT2D eigenvalue weighted by Crippen LogP contribution is -1.99. The molecule has 0 aliphatic heterocycles. The van der Waals surface area contributed by atoms with Crippen LogP contribution in [0, 0.1) is 0 Å². The lowest BCUT2D eigenvalue weighted by atomic mass is 10.2. The Kier molecular flexibility index (Phi) is 4.09. The monoisotopic (exact) mass is 296 g/mol. The molecule has 84 valence electrons. The molecule has 0 radical (unpaired) electrons. The van der Waals surface area contributed by atoms with Gasteiger partial charge >= 0.3 is 0 Å². The van der Waals surface area contributed by atoms with Crippen LogP contribution in [0.25, 0.3) is 11.3 Å². The third-order valence-electron chi connectivity index (χ3n) is 2.29. The van der Waals surface area contributed by atoms with Gasteiger partial charge in [-0.2, -0.15) is 0 Å². The van der Waals surface area contributed by atoms with Crippen LogP contribution in [0.15, 0.2) is 34.1 Å². The first-order valence-electron chi connectivity index (χ1n) is 5.20. The molecule has 16 heavy (non-hydrogen) atoms. The largest absolute Gasteiger partial charge is 0.330 e. The molecule has 1 aromatic carbocycles. The molecule has 0 aliphatic rings. The number of hydrogen-bond donors (Lipinski definition) is 1. The predicted octanol–water partition coefficient (Wildman–Crippen LogP) is 3.46. The van der Waals surface area contributed by atoms with Crippen molar-refractivity contribution in [2.75, 3.05) is 6.54 Å². The average molecular weight is 297 g/mol. The van der Waals surface area contributed by atoms with Crippen LogP contribution in [0.2, 0.25) is 0 Å². The van der Waals surface area contributed by atoms with E-state index in [0.717, 1.165) is 29.6 Å². The molecule has 4 heteroatoms. The number of rotatable bonds is 4. The van der Waals surface area contributed by atoms with E-state index in [0.29, 0.717) is 0 Å². The van der Waals surface area contributed by atoms with E-state index in [1.54, 1.807) is 11.3 Å². The quantitative estimate of drug-likeness (QED) is 0.938. The molecule has 0 atom stereocenters. The zero-order valence-electron chi connectivity index (χ0n) is 8.82. The highest BCUT2D eigenvalue weighted by Gasteiger charge is 2.03. The average Bonchev–Trinajstić information content (AvgIpc) is 2.76. The van der Waals surface area contributed by atoms with Gasteiger partial charge in [-0.1, -0.05) is 28.1 Å². The molecule has 0 aliphatic carbocycles. The molecule has 1 heterocycles. The second-order valence-corrected chi connectivity index (χ2v) is 5.38. The lowest BCUT2D eigenvalue weighted by Gasteiger charge is -1.96. The topological polar surface area (TPSA) is 38.9 Å². The standard InChI is InChI=1S/C12H13BrN2S/c13-10-5-3-9(4-6-10)11-8-16-12(15-11)2-1-7-14/h3-6,8H,1-2,7,14H2. The first-order valence-corrected chi connectivity index (χ1v) is 6.87. The molecular weight excluding hydrogens is 284 g/mol. The van der Waals surface area contributed by atoms with Gasteiger partial charge < -0.3 is 5.73 Å². The van der Waals surface area contributed by atoms with Crippen LogP contribution in [-0.4, -0.2) is 11.5 Å². The first-order chi connectivity index (χ1) is 7.79. The van der Waals surface area contributed by atoms with Gasteiger partial charge in [-0.3, -0.25) is 0 Å². The summed E-state index contributed by atoms with van der Waals surface area (Å²) in [6.45, 7) is 0.729. The minimum absolute atomic E-state index is 0.729. The summed E-state index contributed by atoms with van der Waals surface area (Å²) in [5.74, 6) is 0. The van der Waals surface area contributed by atoms with Gasteiger partial charge in [0.05, 0.1) is 10.7 Å². The summed E-state index contributed by atoms with van der Waals surface area (Å²) in [5.41, 5.74) is 7.71. The second kappa shape index (κ2) is 5.57. The Balaban J connectivity index is 2.15. The van der Waals surface area contributed by atoms with E-state index in [-0.39, 0.29) is 0 Å². The molecule has 0 unspecified atom stereocenters. The van der Waals surface area contributed by atoms with Crippen LogP contribution in [0.1, 0.15) is 11.4 Å². The van der Waals surface area contributed by atoms with Gasteiger partial charge in [0, 0.05) is 21.8 Å². The number of thiazole rings is 1. The number of aromatic nitrogens is 1. The summed E-state index contributed by atoms with van der Waals surface area (Å²) in [7, 11) is 0. The van der Waals surface area contributed by atoms with Gasteiger partial charge in [-0.25, -0.2) is 4.98 Å². The number of nitrogens with zero attached hydrogens (tertiary/aromatic N) is 1. The number of benzene rings is 1. The summed E-state index contributed by atoms with van der Waals surface area (Å²) in [6.07, 6.45) is 1.99. The van der Waals surface area contributed by atoms with E-state index >= 15 is 0 Å². The first kappa shape index (κ1) is 11.8. The summed E-state index contributed by atoms with van der Waals surface area (Å²) in [4.78, 5) is 4.60. The Morgan fingerprint density at radius 2 is 2.00 bits per heavy atom. The highest BCUT2D eigenvalue weighted by atomic mass is 79.9. The zero-order chi connectivity index (χ0) is 11.4. The van der Waals surface area contributed by atoms with Crippen LogP contribution < -0.4 is 5.73 Å². The number of nitrogens with two attached hydrogens (primary N) is 1. The van der Waals surface area contributed by atoms with Crippen LogP contribution in [-0.2, 0) is 6.42 Å². The van der Waals surface area contributed by atoms with Gasteiger partial charge in [-0.05, 0) is 25.1 Å². The molecule has 2 rings (SSSR count). The number of aryl methyl sites for hydroxylation is 1. The Morgan fingerprint density at radius 3 is 2.69 bits per heavy atom. The minimum atomic E-state index is 0.729. The smallest absolute Gasteiger partial charge is 0.0933 e. The van der Waals surface area contributed by atoms with Crippen molar-refractivity contribution < 1.29 is 0 Å². The number of hydrogen-bond acceptors (Lipinski definition) is 3. The van der Waals surface area contributed by atoms with E-state index < -0.39 is 0 Å². The molecule has 0 bridgehead atoms. The molecule has 0 fully saturated rings. The zero-order valence-corrected chi connectivity index (χ0v) is 11.2. The van der Waals surface area contributed by atoms with Crippen molar-refractivity contribution in [3.8, 4) is 11.3 Å². The van der Waals surface area contributed by atoms with E-state index in [4.69, 9.17) is 5.73 Å². The predicted molar refractivity (Wildman–Crippen MR) is 72.6 cm³/mol. The van der Waals surface area contributed by atoms with Crippen molar-refractivity contribution in [2.24, 2.45) is 5.73 Å².